The zero-order valence-electron chi connectivity index (χ0n) is 15.5. The Kier molecular flexibility index (Phi) is 5.09. The molecular weight excluding hydrogens is 365 g/mol. The molecule has 2 aromatic carbocycles. The summed E-state index contributed by atoms with van der Waals surface area (Å²) in [4.78, 5) is 11.6. The molecule has 0 aliphatic carbocycles. The van der Waals surface area contributed by atoms with Crippen molar-refractivity contribution in [2.45, 2.75) is 12.8 Å². The molecular formula is C21H23FNO5+. The van der Waals surface area contributed by atoms with Crippen molar-refractivity contribution in [1.29, 1.82) is 0 Å². The summed E-state index contributed by atoms with van der Waals surface area (Å²) in [5.74, 6) is 1.09. The van der Waals surface area contributed by atoms with Crippen LogP contribution in [0.15, 0.2) is 42.5 Å². The number of piperidine rings is 1. The number of likely N-dealkylation sites (tertiary alicyclic amines) is 1. The van der Waals surface area contributed by atoms with E-state index in [-0.39, 0.29) is 25.1 Å². The second-order valence-electron chi connectivity index (χ2n) is 7.41. The van der Waals surface area contributed by atoms with Gasteiger partial charge in [0, 0.05) is 24.1 Å². The van der Waals surface area contributed by atoms with E-state index in [1.807, 2.05) is 18.2 Å². The standard InChI is InChI=1S/C21H22FNO5/c22-16-3-5-17(6-4-16)23(12-21(24)25)9-1-2-15(11-23)13-26-18-7-8-19-20(10-18)28-14-27-19/h3-8,10,15H,1-2,9,11-14H2/p+1/t15-,23-/m1/s1. The van der Waals surface area contributed by atoms with E-state index in [4.69, 9.17) is 14.2 Å². The first kappa shape index (κ1) is 18.6. The highest BCUT2D eigenvalue weighted by atomic mass is 19.1. The predicted molar refractivity (Wildman–Crippen MR) is 101 cm³/mol. The van der Waals surface area contributed by atoms with Crippen molar-refractivity contribution in [2.75, 3.05) is 33.0 Å². The fourth-order valence-electron chi connectivity index (χ4n) is 4.16. The van der Waals surface area contributed by atoms with E-state index in [2.05, 4.69) is 0 Å². The quantitative estimate of drug-likeness (QED) is 0.768. The van der Waals surface area contributed by atoms with Gasteiger partial charge in [-0.25, -0.2) is 9.18 Å². The Morgan fingerprint density at radius 3 is 2.75 bits per heavy atom. The van der Waals surface area contributed by atoms with E-state index in [9.17, 15) is 14.3 Å². The molecule has 0 bridgehead atoms. The van der Waals surface area contributed by atoms with Crippen molar-refractivity contribution >= 4 is 11.7 Å². The molecule has 1 N–H and O–H groups in total. The highest BCUT2D eigenvalue weighted by Gasteiger charge is 2.39. The van der Waals surface area contributed by atoms with Crippen molar-refractivity contribution < 1.29 is 28.5 Å². The number of halogens is 1. The van der Waals surface area contributed by atoms with Crippen molar-refractivity contribution in [3.63, 3.8) is 0 Å². The summed E-state index contributed by atoms with van der Waals surface area (Å²) in [5, 5.41) is 9.48. The number of carboxylic acid groups (broad SMARTS) is 1. The van der Waals surface area contributed by atoms with Crippen LogP contribution >= 0.6 is 0 Å². The summed E-state index contributed by atoms with van der Waals surface area (Å²) in [6.45, 7) is 2.04. The predicted octanol–water partition coefficient (Wildman–Crippen LogP) is 3.44. The third-order valence-corrected chi connectivity index (χ3v) is 5.45. The van der Waals surface area contributed by atoms with Crippen LogP contribution in [0.3, 0.4) is 0 Å². The number of benzene rings is 2. The third-order valence-electron chi connectivity index (χ3n) is 5.45. The lowest BCUT2D eigenvalue weighted by molar-refractivity contribution is -0.138. The molecule has 1 fully saturated rings. The molecule has 28 heavy (non-hydrogen) atoms. The molecule has 0 aromatic heterocycles. The summed E-state index contributed by atoms with van der Waals surface area (Å²) in [5.41, 5.74) is 0.830. The molecule has 0 amide bonds. The second-order valence-corrected chi connectivity index (χ2v) is 7.41. The summed E-state index contributed by atoms with van der Waals surface area (Å²) in [7, 11) is 0. The van der Waals surface area contributed by atoms with Crippen molar-refractivity contribution in [2.24, 2.45) is 5.92 Å². The average molecular weight is 388 g/mol. The molecule has 2 aliphatic rings. The lowest BCUT2D eigenvalue weighted by Crippen LogP contribution is -2.58. The smallest absolute Gasteiger partial charge is 0.359 e. The summed E-state index contributed by atoms with van der Waals surface area (Å²) in [6.07, 6.45) is 1.85. The minimum absolute atomic E-state index is 0.0217. The highest BCUT2D eigenvalue weighted by Crippen LogP contribution is 2.36. The Bertz CT molecular complexity index is 856. The van der Waals surface area contributed by atoms with E-state index in [0.717, 1.165) is 25.1 Å². The van der Waals surface area contributed by atoms with E-state index in [1.54, 1.807) is 12.1 Å². The topological polar surface area (TPSA) is 65.0 Å². The van der Waals surface area contributed by atoms with Crippen LogP contribution in [-0.2, 0) is 4.79 Å². The lowest BCUT2D eigenvalue weighted by Gasteiger charge is -2.42. The van der Waals surface area contributed by atoms with Gasteiger partial charge in [-0.3, -0.25) is 4.48 Å². The molecule has 2 atom stereocenters. The largest absolute Gasteiger partial charge is 0.493 e. The van der Waals surface area contributed by atoms with Crippen LogP contribution in [0.2, 0.25) is 0 Å². The molecule has 0 spiro atoms. The van der Waals surface area contributed by atoms with Gasteiger partial charge in [-0.2, -0.15) is 0 Å². The molecule has 2 aliphatic heterocycles. The molecule has 4 rings (SSSR count). The molecule has 6 nitrogen and oxygen atoms in total. The van der Waals surface area contributed by atoms with Crippen molar-refractivity contribution in [3.8, 4) is 17.2 Å². The molecule has 2 heterocycles. The van der Waals surface area contributed by atoms with Crippen LogP contribution in [-0.4, -0.2) is 44.1 Å². The minimum Gasteiger partial charge on any atom is -0.493 e. The number of aliphatic carboxylic acids is 1. The van der Waals surface area contributed by atoms with Gasteiger partial charge in [0.05, 0.1) is 19.7 Å². The monoisotopic (exact) mass is 388 g/mol. The summed E-state index contributed by atoms with van der Waals surface area (Å²) in [6, 6.07) is 11.6. The van der Waals surface area contributed by atoms with Crippen LogP contribution in [0.1, 0.15) is 12.8 Å². The first-order chi connectivity index (χ1) is 13.5. The number of quaternary nitrogens is 1. The molecule has 1 saturated heterocycles. The normalized spacial score (nSPS) is 23.4. The zero-order chi connectivity index (χ0) is 19.6. The maximum atomic E-state index is 13.4. The molecule has 7 heteroatoms. The molecule has 148 valence electrons. The minimum atomic E-state index is -0.860. The summed E-state index contributed by atoms with van der Waals surface area (Å²) >= 11 is 0. The van der Waals surface area contributed by atoms with E-state index < -0.39 is 5.97 Å². The fourth-order valence-corrected chi connectivity index (χ4v) is 4.16. The maximum Gasteiger partial charge on any atom is 0.359 e. The van der Waals surface area contributed by atoms with Crippen molar-refractivity contribution in [3.05, 3.63) is 48.3 Å². The number of hydrogen-bond acceptors (Lipinski definition) is 4. The number of carboxylic acids is 1. The van der Waals surface area contributed by atoms with Gasteiger partial charge in [-0.1, -0.05) is 0 Å². The molecule has 0 radical (unpaired) electrons. The Labute approximate surface area is 162 Å². The average Bonchev–Trinajstić information content (AvgIpc) is 3.14. The number of ether oxygens (including phenoxy) is 3. The Morgan fingerprint density at radius 1 is 1.18 bits per heavy atom. The number of carbonyl (C=O) groups is 1. The van der Waals surface area contributed by atoms with Gasteiger partial charge >= 0.3 is 5.97 Å². The molecule has 2 aromatic rings. The number of hydrogen-bond donors (Lipinski definition) is 1. The van der Waals surface area contributed by atoms with Crippen molar-refractivity contribution in [1.82, 2.24) is 4.48 Å². The lowest BCUT2D eigenvalue weighted by atomic mass is 9.95. The van der Waals surface area contributed by atoms with E-state index in [1.165, 1.54) is 12.1 Å². The van der Waals surface area contributed by atoms with E-state index >= 15 is 0 Å². The fraction of sp³-hybridized carbons (Fsp3) is 0.381. The number of fused-ring (bicyclic) bond motifs is 1. The Morgan fingerprint density at radius 2 is 1.96 bits per heavy atom. The van der Waals surface area contributed by atoms with Gasteiger partial charge in [-0.05, 0) is 37.1 Å². The maximum absolute atomic E-state index is 13.4. The van der Waals surface area contributed by atoms with Crippen LogP contribution in [0.5, 0.6) is 17.2 Å². The van der Waals surface area contributed by atoms with Gasteiger partial charge in [0.15, 0.2) is 18.0 Å². The van der Waals surface area contributed by atoms with Gasteiger partial charge in [0.2, 0.25) is 6.79 Å². The SMILES string of the molecule is O=C(O)C[N@@+]1(c2ccc(F)cc2)CCC[C@@H](COc2ccc3c(c2)OCO3)C1. The van der Waals surface area contributed by atoms with Gasteiger partial charge in [-0.15, -0.1) is 0 Å². The molecule has 0 saturated carbocycles. The number of rotatable bonds is 6. The van der Waals surface area contributed by atoms with Gasteiger partial charge in [0.25, 0.3) is 0 Å². The van der Waals surface area contributed by atoms with Crippen LogP contribution in [0, 0.1) is 11.7 Å². The number of nitrogens with zero attached hydrogens (tertiary/aromatic N) is 1. The van der Waals surface area contributed by atoms with Crippen LogP contribution in [0.4, 0.5) is 10.1 Å². The van der Waals surface area contributed by atoms with Crippen LogP contribution in [0.25, 0.3) is 0 Å². The first-order valence-electron chi connectivity index (χ1n) is 9.41. The molecule has 0 unspecified atom stereocenters. The Hall–Kier alpha value is -2.80. The third kappa shape index (κ3) is 3.89. The van der Waals surface area contributed by atoms with E-state index in [0.29, 0.717) is 34.9 Å². The van der Waals surface area contributed by atoms with Gasteiger partial charge < -0.3 is 19.3 Å². The first-order valence-corrected chi connectivity index (χ1v) is 9.41. The highest BCUT2D eigenvalue weighted by molar-refractivity contribution is 5.72. The van der Waals surface area contributed by atoms with Crippen LogP contribution < -0.4 is 18.7 Å². The van der Waals surface area contributed by atoms with Gasteiger partial charge in [0.1, 0.15) is 17.3 Å². The zero-order valence-corrected chi connectivity index (χ0v) is 15.5. The summed E-state index contributed by atoms with van der Waals surface area (Å²) < 4.78 is 30.3. The Balaban J connectivity index is 1.48. The second kappa shape index (κ2) is 7.67.